The zero-order chi connectivity index (χ0) is 13.4. The fourth-order valence-corrected chi connectivity index (χ4v) is 2.25. The minimum absolute atomic E-state index is 0.0593. The second-order valence-electron chi connectivity index (χ2n) is 4.13. The Morgan fingerprint density at radius 3 is 2.72 bits per heavy atom. The topological polar surface area (TPSA) is 89.4 Å². The van der Waals surface area contributed by atoms with Crippen molar-refractivity contribution in [1.29, 1.82) is 0 Å². The third-order valence-corrected chi connectivity index (χ3v) is 3.50. The molecule has 1 aliphatic heterocycles. The van der Waals surface area contributed by atoms with Gasteiger partial charge in [-0.2, -0.15) is 0 Å². The van der Waals surface area contributed by atoms with E-state index in [1.807, 2.05) is 0 Å². The van der Waals surface area contributed by atoms with Gasteiger partial charge in [0.15, 0.2) is 0 Å². The highest BCUT2D eigenvalue weighted by atomic mass is 79.9. The van der Waals surface area contributed by atoms with Gasteiger partial charge in [-0.25, -0.2) is 4.39 Å². The van der Waals surface area contributed by atoms with Crippen molar-refractivity contribution in [2.45, 2.75) is 6.42 Å². The van der Waals surface area contributed by atoms with Crippen LogP contribution in [-0.2, 0) is 9.59 Å². The van der Waals surface area contributed by atoms with Crippen molar-refractivity contribution in [2.75, 3.05) is 17.2 Å². The molecule has 0 radical (unpaired) electrons. The first-order valence-electron chi connectivity index (χ1n) is 5.24. The average Bonchev–Trinajstić information content (AvgIpc) is 2.66. The number of hydrogen-bond acceptors (Lipinski definition) is 3. The zero-order valence-corrected chi connectivity index (χ0v) is 10.9. The highest BCUT2D eigenvalue weighted by molar-refractivity contribution is 9.10. The first-order chi connectivity index (χ1) is 8.40. The Labute approximate surface area is 111 Å². The number of hydrogen-bond donors (Lipinski definition) is 2. The minimum Gasteiger partial charge on any atom is -0.397 e. The van der Waals surface area contributed by atoms with Crippen LogP contribution in [0.1, 0.15) is 6.42 Å². The molecule has 0 aromatic heterocycles. The van der Waals surface area contributed by atoms with E-state index < -0.39 is 17.6 Å². The SMILES string of the molecule is NC(=O)C1CC(=O)N(c2cc(Br)c(F)cc2N)C1. The van der Waals surface area contributed by atoms with E-state index in [1.54, 1.807) is 0 Å². The predicted octanol–water partition coefficient (Wildman–Crippen LogP) is 1.01. The highest BCUT2D eigenvalue weighted by Crippen LogP contribution is 2.33. The zero-order valence-electron chi connectivity index (χ0n) is 9.32. The average molecular weight is 316 g/mol. The molecule has 0 bridgehead atoms. The number of nitrogen functional groups attached to an aromatic ring is 1. The maximum atomic E-state index is 13.2. The molecule has 1 aromatic rings. The molecular weight excluding hydrogens is 305 g/mol. The lowest BCUT2D eigenvalue weighted by molar-refractivity contribution is -0.123. The summed E-state index contributed by atoms with van der Waals surface area (Å²) in [6, 6.07) is 2.55. The smallest absolute Gasteiger partial charge is 0.227 e. The van der Waals surface area contributed by atoms with Crippen LogP contribution in [0.3, 0.4) is 0 Å². The molecule has 1 aromatic carbocycles. The van der Waals surface area contributed by atoms with Gasteiger partial charge in [-0.15, -0.1) is 0 Å². The molecule has 2 rings (SSSR count). The number of carbonyl (C=O) groups is 2. The van der Waals surface area contributed by atoms with Gasteiger partial charge in [-0.3, -0.25) is 9.59 Å². The van der Waals surface area contributed by atoms with Crippen molar-refractivity contribution in [1.82, 2.24) is 0 Å². The molecule has 0 saturated carbocycles. The monoisotopic (exact) mass is 315 g/mol. The lowest BCUT2D eigenvalue weighted by Gasteiger charge is -2.19. The summed E-state index contributed by atoms with van der Waals surface area (Å²) < 4.78 is 13.5. The van der Waals surface area contributed by atoms with Crippen LogP contribution in [-0.4, -0.2) is 18.4 Å². The summed E-state index contributed by atoms with van der Waals surface area (Å²) in [4.78, 5) is 24.2. The molecule has 1 saturated heterocycles. The van der Waals surface area contributed by atoms with Crippen LogP contribution in [0.2, 0.25) is 0 Å². The number of nitrogens with two attached hydrogens (primary N) is 2. The third-order valence-electron chi connectivity index (χ3n) is 2.89. The van der Waals surface area contributed by atoms with E-state index in [9.17, 15) is 14.0 Å². The second-order valence-corrected chi connectivity index (χ2v) is 4.99. The number of carbonyl (C=O) groups excluding carboxylic acids is 2. The van der Waals surface area contributed by atoms with Crippen LogP contribution >= 0.6 is 15.9 Å². The summed E-state index contributed by atoms with van der Waals surface area (Å²) in [7, 11) is 0. The van der Waals surface area contributed by atoms with Crippen molar-refractivity contribution in [3.05, 3.63) is 22.4 Å². The largest absolute Gasteiger partial charge is 0.397 e. The second kappa shape index (κ2) is 4.56. The molecule has 18 heavy (non-hydrogen) atoms. The summed E-state index contributed by atoms with van der Waals surface area (Å²) in [5, 5.41) is 0. The van der Waals surface area contributed by atoms with E-state index in [2.05, 4.69) is 15.9 Å². The molecule has 7 heteroatoms. The van der Waals surface area contributed by atoms with Crippen LogP contribution in [0.25, 0.3) is 0 Å². The maximum Gasteiger partial charge on any atom is 0.227 e. The van der Waals surface area contributed by atoms with Crippen molar-refractivity contribution < 1.29 is 14.0 Å². The molecule has 96 valence electrons. The number of rotatable bonds is 2. The fraction of sp³-hybridized carbons (Fsp3) is 0.273. The number of benzene rings is 1. The van der Waals surface area contributed by atoms with Crippen molar-refractivity contribution in [2.24, 2.45) is 11.7 Å². The fourth-order valence-electron chi connectivity index (χ4n) is 1.92. The van der Waals surface area contributed by atoms with Crippen LogP contribution in [0, 0.1) is 11.7 Å². The Balaban J connectivity index is 2.35. The van der Waals surface area contributed by atoms with Gasteiger partial charge in [-0.1, -0.05) is 0 Å². The first-order valence-corrected chi connectivity index (χ1v) is 6.03. The Hall–Kier alpha value is -1.63. The molecule has 5 nitrogen and oxygen atoms in total. The summed E-state index contributed by atoms with van der Waals surface area (Å²) >= 11 is 3.03. The number of primary amides is 1. The number of nitrogens with zero attached hydrogens (tertiary/aromatic N) is 1. The third kappa shape index (κ3) is 2.17. The highest BCUT2D eigenvalue weighted by Gasteiger charge is 2.34. The van der Waals surface area contributed by atoms with Gasteiger partial charge in [0, 0.05) is 19.0 Å². The van der Waals surface area contributed by atoms with Gasteiger partial charge >= 0.3 is 0 Å². The van der Waals surface area contributed by atoms with E-state index in [1.165, 1.54) is 11.0 Å². The van der Waals surface area contributed by atoms with Crippen LogP contribution in [0.5, 0.6) is 0 Å². The molecule has 4 N–H and O–H groups in total. The summed E-state index contributed by atoms with van der Waals surface area (Å²) in [5.74, 6) is -1.80. The van der Waals surface area contributed by atoms with E-state index in [0.29, 0.717) is 5.69 Å². The molecule has 2 amide bonds. The van der Waals surface area contributed by atoms with Crippen molar-refractivity contribution in [3.63, 3.8) is 0 Å². The van der Waals surface area contributed by atoms with E-state index in [-0.39, 0.29) is 29.0 Å². The molecule has 1 unspecified atom stereocenters. The molecule has 0 aliphatic carbocycles. The Kier molecular flexibility index (Phi) is 3.25. The molecular formula is C11H11BrFN3O2. The summed E-state index contributed by atoms with van der Waals surface area (Å²) in [6.07, 6.45) is 0.0593. The number of amides is 2. The van der Waals surface area contributed by atoms with E-state index >= 15 is 0 Å². The minimum atomic E-state index is -0.527. The van der Waals surface area contributed by atoms with Gasteiger partial charge in [0.2, 0.25) is 11.8 Å². The predicted molar refractivity (Wildman–Crippen MR) is 68.2 cm³/mol. The van der Waals surface area contributed by atoms with E-state index in [0.717, 1.165) is 6.07 Å². The summed E-state index contributed by atoms with van der Waals surface area (Å²) in [5.41, 5.74) is 11.4. The Bertz CT molecular complexity index is 535. The summed E-state index contributed by atoms with van der Waals surface area (Å²) in [6.45, 7) is 0.177. The van der Waals surface area contributed by atoms with Gasteiger partial charge in [-0.05, 0) is 22.0 Å². The quantitative estimate of drug-likeness (QED) is 0.798. The van der Waals surface area contributed by atoms with Gasteiger partial charge < -0.3 is 16.4 Å². The lowest BCUT2D eigenvalue weighted by Crippen LogP contribution is -2.29. The van der Waals surface area contributed by atoms with E-state index in [4.69, 9.17) is 11.5 Å². The molecule has 1 heterocycles. The van der Waals surface area contributed by atoms with Crippen LogP contribution in [0.15, 0.2) is 16.6 Å². The number of anilines is 2. The number of halogens is 2. The van der Waals surface area contributed by atoms with Gasteiger partial charge in [0.05, 0.1) is 21.8 Å². The first kappa shape index (κ1) is 12.8. The molecule has 1 aliphatic rings. The molecule has 0 spiro atoms. The molecule has 1 fully saturated rings. The van der Waals surface area contributed by atoms with Crippen molar-refractivity contribution in [3.8, 4) is 0 Å². The van der Waals surface area contributed by atoms with Crippen molar-refractivity contribution >= 4 is 39.1 Å². The van der Waals surface area contributed by atoms with Crippen LogP contribution < -0.4 is 16.4 Å². The maximum absolute atomic E-state index is 13.2. The standard InChI is InChI=1S/C11H11BrFN3O2/c12-6-2-9(8(14)3-7(6)13)16-4-5(11(15)18)1-10(16)17/h2-3,5H,1,4,14H2,(H2,15,18). The Morgan fingerprint density at radius 1 is 1.50 bits per heavy atom. The van der Waals surface area contributed by atoms with Crippen LogP contribution in [0.4, 0.5) is 15.8 Å². The lowest BCUT2D eigenvalue weighted by atomic mass is 10.1. The Morgan fingerprint density at radius 2 is 2.17 bits per heavy atom. The molecule has 1 atom stereocenters. The van der Waals surface area contributed by atoms with Gasteiger partial charge in [0.1, 0.15) is 5.82 Å². The normalized spacial score (nSPS) is 19.3. The van der Waals surface area contributed by atoms with Gasteiger partial charge in [0.25, 0.3) is 0 Å².